The van der Waals surface area contributed by atoms with Crippen LogP contribution < -0.4 is 11.5 Å². The van der Waals surface area contributed by atoms with Crippen LogP contribution in [0.4, 0.5) is 0 Å². The maximum absolute atomic E-state index is 13.5. The quantitative estimate of drug-likeness (QED) is 0.0547. The summed E-state index contributed by atoms with van der Waals surface area (Å²) < 4.78 is 0. The lowest BCUT2D eigenvalue weighted by molar-refractivity contribution is -0.150. The van der Waals surface area contributed by atoms with E-state index >= 15 is 0 Å². The number of rotatable bonds is 34. The minimum absolute atomic E-state index is 0.217. The molecule has 8 nitrogen and oxygen atoms in total. The first kappa shape index (κ1) is 43.6. The van der Waals surface area contributed by atoms with Crippen LogP contribution in [0.2, 0.25) is 0 Å². The molecule has 0 aliphatic heterocycles. The predicted octanol–water partition coefficient (Wildman–Crippen LogP) is 7.14. The van der Waals surface area contributed by atoms with Crippen molar-refractivity contribution in [1.82, 2.24) is 4.90 Å². The number of amides is 1. The van der Waals surface area contributed by atoms with Crippen molar-refractivity contribution >= 4 is 17.5 Å². The number of hydrogen-bond acceptors (Lipinski definition) is 7. The molecule has 6 N–H and O–H groups in total. The van der Waals surface area contributed by atoms with Crippen LogP contribution in [0.3, 0.4) is 0 Å². The molecular weight excluding hydrogens is 566 g/mol. The van der Waals surface area contributed by atoms with Gasteiger partial charge >= 0.3 is 0 Å². The van der Waals surface area contributed by atoms with Crippen LogP contribution in [0.1, 0.15) is 181 Å². The van der Waals surface area contributed by atoms with E-state index in [1.807, 2.05) is 0 Å². The molecule has 0 heterocycles. The van der Waals surface area contributed by atoms with Crippen LogP contribution in [0.5, 0.6) is 0 Å². The minimum Gasteiger partial charge on any atom is -0.394 e. The third kappa shape index (κ3) is 22.0. The van der Waals surface area contributed by atoms with E-state index in [1.165, 1.54) is 89.9 Å². The number of carbonyl (C=O) groups excluding carboxylic acids is 3. The fourth-order valence-corrected chi connectivity index (χ4v) is 6.13. The topological polar surface area (TPSA) is 147 Å². The average molecular weight is 640 g/mol. The fraction of sp³-hybridized carbons (Fsp3) is 0.919. The summed E-state index contributed by atoms with van der Waals surface area (Å²) in [4.78, 5) is 41.2. The van der Waals surface area contributed by atoms with E-state index < -0.39 is 37.2 Å². The van der Waals surface area contributed by atoms with Crippen molar-refractivity contribution in [2.45, 2.75) is 199 Å². The van der Waals surface area contributed by atoms with Crippen LogP contribution >= 0.6 is 0 Å². The van der Waals surface area contributed by atoms with Gasteiger partial charge in [0.1, 0.15) is 12.1 Å². The summed E-state index contributed by atoms with van der Waals surface area (Å²) in [6.07, 6.45) is 26.8. The van der Waals surface area contributed by atoms with Crippen molar-refractivity contribution in [2.24, 2.45) is 11.5 Å². The summed E-state index contributed by atoms with van der Waals surface area (Å²) in [5, 5.41) is 20.6. The minimum atomic E-state index is -1.19. The molecular formula is C37H73N3O5. The van der Waals surface area contributed by atoms with E-state index in [2.05, 4.69) is 13.8 Å². The average Bonchev–Trinajstić information content (AvgIpc) is 3.04. The molecule has 266 valence electrons. The van der Waals surface area contributed by atoms with E-state index in [9.17, 15) is 24.6 Å². The second-order valence-corrected chi connectivity index (χ2v) is 13.2. The highest BCUT2D eigenvalue weighted by Crippen LogP contribution is 2.19. The number of aliphatic hydroxyl groups is 2. The largest absolute Gasteiger partial charge is 0.394 e. The van der Waals surface area contributed by atoms with Gasteiger partial charge in [0.25, 0.3) is 0 Å². The molecule has 0 rings (SSSR count). The smallest absolute Gasteiger partial charge is 0.240 e. The summed E-state index contributed by atoms with van der Waals surface area (Å²) in [6, 6.07) is -3.34. The number of hydrogen-bond donors (Lipinski definition) is 4. The summed E-state index contributed by atoms with van der Waals surface area (Å²) in [5.41, 5.74) is 11.8. The molecule has 0 aromatic rings. The van der Waals surface area contributed by atoms with E-state index in [1.54, 1.807) is 0 Å². The van der Waals surface area contributed by atoms with Crippen molar-refractivity contribution < 1.29 is 24.6 Å². The first-order valence-corrected chi connectivity index (χ1v) is 18.9. The zero-order chi connectivity index (χ0) is 33.5. The van der Waals surface area contributed by atoms with E-state index in [0.717, 1.165) is 43.4 Å². The summed E-state index contributed by atoms with van der Waals surface area (Å²) >= 11 is 0. The third-order valence-electron chi connectivity index (χ3n) is 9.11. The Kier molecular flexibility index (Phi) is 30.3. The van der Waals surface area contributed by atoms with Crippen molar-refractivity contribution in [3.8, 4) is 0 Å². The van der Waals surface area contributed by atoms with E-state index in [0.29, 0.717) is 32.2 Å². The number of nitrogens with two attached hydrogens (primary N) is 2. The second kappa shape index (κ2) is 31.3. The molecule has 3 atom stereocenters. The Morgan fingerprint density at radius 3 is 1.13 bits per heavy atom. The molecule has 0 bridgehead atoms. The maximum atomic E-state index is 13.5. The number of unbranched alkanes of at least 4 members (excludes halogenated alkanes) is 20. The van der Waals surface area contributed by atoms with Crippen LogP contribution in [0.15, 0.2) is 0 Å². The summed E-state index contributed by atoms with van der Waals surface area (Å²) in [7, 11) is 0. The lowest BCUT2D eigenvalue weighted by Crippen LogP contribution is -2.60. The van der Waals surface area contributed by atoms with Crippen molar-refractivity contribution in [1.29, 1.82) is 0 Å². The van der Waals surface area contributed by atoms with Crippen LogP contribution in [0, 0.1) is 0 Å². The van der Waals surface area contributed by atoms with E-state index in [-0.39, 0.29) is 24.4 Å². The van der Waals surface area contributed by atoms with Crippen molar-refractivity contribution in [2.75, 3.05) is 19.8 Å². The van der Waals surface area contributed by atoms with Crippen molar-refractivity contribution in [3.05, 3.63) is 0 Å². The Morgan fingerprint density at radius 2 is 0.844 bits per heavy atom. The molecule has 0 saturated heterocycles. The highest BCUT2D eigenvalue weighted by Gasteiger charge is 2.39. The lowest BCUT2D eigenvalue weighted by atomic mass is 9.97. The van der Waals surface area contributed by atoms with Crippen LogP contribution in [-0.2, 0) is 14.4 Å². The Hall–Kier alpha value is -1.35. The summed E-state index contributed by atoms with van der Waals surface area (Å²) in [5.74, 6) is -1.15. The monoisotopic (exact) mass is 640 g/mol. The van der Waals surface area contributed by atoms with Gasteiger partial charge in [0.2, 0.25) is 5.91 Å². The molecule has 0 spiro atoms. The molecule has 0 fully saturated rings. The number of carbonyl (C=O) groups is 3. The zero-order valence-electron chi connectivity index (χ0n) is 29.5. The Bertz CT molecular complexity index is 674. The Labute approximate surface area is 276 Å². The Balaban J connectivity index is 4.93. The number of aliphatic hydroxyl groups excluding tert-OH is 2. The highest BCUT2D eigenvalue weighted by atomic mass is 16.3. The maximum Gasteiger partial charge on any atom is 0.240 e. The van der Waals surface area contributed by atoms with Gasteiger partial charge in [-0.25, -0.2) is 0 Å². The SMILES string of the molecule is CCCCCCCCCCCCCC(=O)C(CO)N(C(=O)[C@@H](N)CCCN)C(CO)C(=O)CCCCCCCCCCCCC. The van der Waals surface area contributed by atoms with Gasteiger partial charge < -0.3 is 26.6 Å². The van der Waals surface area contributed by atoms with Gasteiger partial charge in [0, 0.05) is 12.8 Å². The molecule has 1 amide bonds. The van der Waals surface area contributed by atoms with Gasteiger partial charge in [0.05, 0.1) is 19.3 Å². The molecule has 0 saturated carbocycles. The third-order valence-corrected chi connectivity index (χ3v) is 9.11. The van der Waals surface area contributed by atoms with Gasteiger partial charge in [-0.3, -0.25) is 14.4 Å². The molecule has 0 aliphatic carbocycles. The normalized spacial score (nSPS) is 13.5. The molecule has 0 aromatic heterocycles. The zero-order valence-corrected chi connectivity index (χ0v) is 29.5. The molecule has 0 aliphatic rings. The molecule has 8 heteroatoms. The molecule has 0 radical (unpaired) electrons. The molecule has 2 unspecified atom stereocenters. The summed E-state index contributed by atoms with van der Waals surface area (Å²) in [6.45, 7) is 3.62. The first-order chi connectivity index (χ1) is 21.9. The second-order valence-electron chi connectivity index (χ2n) is 13.2. The van der Waals surface area contributed by atoms with Gasteiger partial charge in [-0.2, -0.15) is 0 Å². The highest BCUT2D eigenvalue weighted by molar-refractivity contribution is 5.95. The molecule has 45 heavy (non-hydrogen) atoms. The van der Waals surface area contributed by atoms with Gasteiger partial charge in [-0.05, 0) is 32.2 Å². The van der Waals surface area contributed by atoms with Crippen molar-refractivity contribution in [3.63, 3.8) is 0 Å². The van der Waals surface area contributed by atoms with Gasteiger partial charge in [-0.15, -0.1) is 0 Å². The Morgan fingerprint density at radius 1 is 0.533 bits per heavy atom. The van der Waals surface area contributed by atoms with E-state index in [4.69, 9.17) is 11.5 Å². The van der Waals surface area contributed by atoms with Crippen LogP contribution in [-0.4, -0.2) is 70.5 Å². The van der Waals surface area contributed by atoms with Gasteiger partial charge in [-0.1, -0.05) is 142 Å². The molecule has 0 aromatic carbocycles. The standard InChI is InChI=1S/C37H73N3O5/c1-3-5-7-9-11-13-15-17-19-21-23-27-35(43)33(30-41)40(37(45)32(39)26-25-29-38)34(31-42)36(44)28-24-22-20-18-16-14-12-10-8-6-4-2/h32-34,41-42H,3-31,38-39H2,1-2H3/t32-,33?,34?/m0/s1. The first-order valence-electron chi connectivity index (χ1n) is 18.9. The fourth-order valence-electron chi connectivity index (χ4n) is 6.13. The number of nitrogens with zero attached hydrogens (tertiary/aromatic N) is 1. The number of ketones is 2. The van der Waals surface area contributed by atoms with Gasteiger partial charge in [0.15, 0.2) is 11.6 Å². The number of Topliss-reactive ketones (excluding diaryl/α,β-unsaturated/α-hetero) is 2. The van der Waals surface area contributed by atoms with Crippen LogP contribution in [0.25, 0.3) is 0 Å². The predicted molar refractivity (Wildman–Crippen MR) is 187 cm³/mol. The lowest BCUT2D eigenvalue weighted by Gasteiger charge is -2.37.